The molecular weight excluding hydrogens is 384 g/mol. The van der Waals surface area contributed by atoms with Gasteiger partial charge in [-0.1, -0.05) is 37.3 Å². The molecule has 2 aromatic heterocycles. The van der Waals surface area contributed by atoms with Gasteiger partial charge in [0.25, 0.3) is 11.7 Å². The average molecular weight is 408 g/mol. The van der Waals surface area contributed by atoms with Crippen molar-refractivity contribution in [2.24, 2.45) is 5.73 Å². The molecule has 30 heavy (non-hydrogen) atoms. The minimum atomic E-state index is -1.13. The number of aromatic nitrogens is 1. The van der Waals surface area contributed by atoms with E-state index >= 15 is 0 Å². The van der Waals surface area contributed by atoms with E-state index in [-0.39, 0.29) is 11.3 Å². The molecule has 3 aromatic rings. The molecule has 0 fully saturated rings. The first-order valence-electron chi connectivity index (χ1n) is 9.81. The SMILES string of the molecule is CCc1c(C(=O)C(N)=O)c2c(OCC(=O)O)cccn2c1CCCc1ccccc1. The minimum Gasteiger partial charge on any atom is -0.480 e. The average Bonchev–Trinajstić information content (AvgIpc) is 3.06. The number of amides is 1. The zero-order valence-electron chi connectivity index (χ0n) is 16.8. The lowest BCUT2D eigenvalue weighted by Crippen LogP contribution is -2.24. The Morgan fingerprint density at radius 2 is 1.80 bits per heavy atom. The summed E-state index contributed by atoms with van der Waals surface area (Å²) in [5.74, 6) is -2.76. The number of carboxylic acids is 1. The number of hydrogen-bond acceptors (Lipinski definition) is 4. The van der Waals surface area contributed by atoms with Gasteiger partial charge in [0.15, 0.2) is 6.61 Å². The number of ketones is 1. The molecule has 0 spiro atoms. The van der Waals surface area contributed by atoms with Crippen LogP contribution in [-0.2, 0) is 28.9 Å². The molecule has 1 amide bonds. The highest BCUT2D eigenvalue weighted by molar-refractivity contribution is 6.44. The number of carbonyl (C=O) groups is 3. The Morgan fingerprint density at radius 1 is 1.07 bits per heavy atom. The molecule has 0 aliphatic rings. The Labute approximate surface area is 174 Å². The van der Waals surface area contributed by atoms with Crippen molar-refractivity contribution >= 4 is 23.2 Å². The normalized spacial score (nSPS) is 10.8. The van der Waals surface area contributed by atoms with Gasteiger partial charge in [0, 0.05) is 11.9 Å². The van der Waals surface area contributed by atoms with E-state index in [2.05, 4.69) is 12.1 Å². The lowest BCUT2D eigenvalue weighted by molar-refractivity contribution is -0.139. The van der Waals surface area contributed by atoms with Crippen LogP contribution < -0.4 is 10.5 Å². The number of primary amides is 1. The van der Waals surface area contributed by atoms with Crippen LogP contribution in [0.1, 0.15) is 40.5 Å². The van der Waals surface area contributed by atoms with Crippen molar-refractivity contribution in [2.45, 2.75) is 32.6 Å². The van der Waals surface area contributed by atoms with Crippen LogP contribution in [0, 0.1) is 0 Å². The van der Waals surface area contributed by atoms with Crippen molar-refractivity contribution in [3.63, 3.8) is 0 Å². The molecule has 7 nitrogen and oxygen atoms in total. The van der Waals surface area contributed by atoms with Crippen LogP contribution in [0.5, 0.6) is 5.75 Å². The van der Waals surface area contributed by atoms with E-state index in [4.69, 9.17) is 15.6 Å². The number of rotatable bonds is 10. The Bertz CT molecular complexity index is 1090. The molecule has 0 saturated heterocycles. The van der Waals surface area contributed by atoms with E-state index in [0.717, 1.165) is 24.1 Å². The zero-order valence-corrected chi connectivity index (χ0v) is 16.8. The van der Waals surface area contributed by atoms with Crippen LogP contribution in [0.25, 0.3) is 5.52 Å². The number of benzene rings is 1. The predicted molar refractivity (Wildman–Crippen MR) is 112 cm³/mol. The fraction of sp³-hybridized carbons (Fsp3) is 0.261. The van der Waals surface area contributed by atoms with Crippen molar-refractivity contribution in [2.75, 3.05) is 6.61 Å². The lowest BCUT2D eigenvalue weighted by Gasteiger charge is -2.09. The predicted octanol–water partition coefficient (Wildman–Crippen LogP) is 2.81. The van der Waals surface area contributed by atoms with Gasteiger partial charge in [-0.2, -0.15) is 0 Å². The molecule has 3 N–H and O–H groups in total. The Hall–Kier alpha value is -3.61. The molecule has 7 heteroatoms. The summed E-state index contributed by atoms with van der Waals surface area (Å²) in [6.45, 7) is 1.35. The Kier molecular flexibility index (Phi) is 6.51. The molecule has 156 valence electrons. The third-order valence-electron chi connectivity index (χ3n) is 5.01. The fourth-order valence-electron chi connectivity index (χ4n) is 3.77. The minimum absolute atomic E-state index is 0.195. The van der Waals surface area contributed by atoms with Crippen molar-refractivity contribution in [1.29, 1.82) is 0 Å². The molecule has 0 unspecified atom stereocenters. The molecule has 0 aliphatic heterocycles. The summed E-state index contributed by atoms with van der Waals surface area (Å²) < 4.78 is 7.23. The van der Waals surface area contributed by atoms with Crippen LogP contribution in [0.15, 0.2) is 48.7 Å². The molecule has 0 saturated carbocycles. The number of nitrogens with zero attached hydrogens (tertiary/aromatic N) is 1. The maximum Gasteiger partial charge on any atom is 0.341 e. The molecular formula is C23H24N2O5. The summed E-state index contributed by atoms with van der Waals surface area (Å²) in [6.07, 6.45) is 4.69. The van der Waals surface area contributed by atoms with Gasteiger partial charge in [-0.25, -0.2) is 4.79 Å². The van der Waals surface area contributed by atoms with E-state index < -0.39 is 24.3 Å². The number of aliphatic carboxylic acids is 1. The largest absolute Gasteiger partial charge is 0.480 e. The number of Topliss-reactive ketones (excluding diaryl/α,β-unsaturated/α-hetero) is 1. The Morgan fingerprint density at radius 3 is 2.43 bits per heavy atom. The summed E-state index contributed by atoms with van der Waals surface area (Å²) in [7, 11) is 0. The number of pyridine rings is 1. The van der Waals surface area contributed by atoms with Gasteiger partial charge in [-0.3, -0.25) is 9.59 Å². The van der Waals surface area contributed by atoms with Gasteiger partial charge in [0.2, 0.25) is 0 Å². The number of carbonyl (C=O) groups excluding carboxylic acids is 2. The summed E-state index contributed by atoms with van der Waals surface area (Å²) in [6, 6.07) is 13.4. The van der Waals surface area contributed by atoms with Crippen LogP contribution >= 0.6 is 0 Å². The van der Waals surface area contributed by atoms with Crippen molar-refractivity contribution in [1.82, 2.24) is 4.40 Å². The summed E-state index contributed by atoms with van der Waals surface area (Å²) in [5.41, 5.74) is 8.74. The van der Waals surface area contributed by atoms with E-state index in [9.17, 15) is 14.4 Å². The zero-order chi connectivity index (χ0) is 21.7. The van der Waals surface area contributed by atoms with Gasteiger partial charge in [0.1, 0.15) is 5.75 Å². The number of carboxylic acid groups (broad SMARTS) is 1. The first kappa shape index (κ1) is 21.1. The maximum absolute atomic E-state index is 12.7. The molecule has 0 atom stereocenters. The number of fused-ring (bicyclic) bond motifs is 1. The molecule has 3 rings (SSSR count). The highest BCUT2D eigenvalue weighted by Crippen LogP contribution is 2.32. The number of ether oxygens (including phenoxy) is 1. The van der Waals surface area contributed by atoms with Gasteiger partial charge in [-0.15, -0.1) is 0 Å². The van der Waals surface area contributed by atoms with Gasteiger partial charge in [-0.05, 0) is 48.9 Å². The molecule has 0 radical (unpaired) electrons. The van der Waals surface area contributed by atoms with Gasteiger partial charge in [0.05, 0.1) is 11.1 Å². The third-order valence-corrected chi connectivity index (χ3v) is 5.01. The van der Waals surface area contributed by atoms with Crippen LogP contribution in [0.2, 0.25) is 0 Å². The van der Waals surface area contributed by atoms with Crippen LogP contribution in [-0.4, -0.2) is 33.8 Å². The monoisotopic (exact) mass is 408 g/mol. The van der Waals surface area contributed by atoms with Gasteiger partial charge < -0.3 is 20.0 Å². The molecule has 1 aromatic carbocycles. The highest BCUT2D eigenvalue weighted by atomic mass is 16.5. The van der Waals surface area contributed by atoms with Crippen LogP contribution in [0.4, 0.5) is 0 Å². The Balaban J connectivity index is 2.06. The van der Waals surface area contributed by atoms with E-state index in [0.29, 0.717) is 18.4 Å². The van der Waals surface area contributed by atoms with Crippen LogP contribution in [0.3, 0.4) is 0 Å². The fourth-order valence-corrected chi connectivity index (χ4v) is 3.77. The standard InChI is InChI=1S/C23H24N2O5/c1-2-16-17(11-6-10-15-8-4-3-5-9-15)25-13-7-12-18(30-14-19(26)27)21(25)20(16)22(28)23(24)29/h3-5,7-9,12-13H,2,6,10-11,14H2,1H3,(H2,24,29)(H,26,27). The second kappa shape index (κ2) is 9.26. The quantitative estimate of drug-likeness (QED) is 0.396. The maximum atomic E-state index is 12.7. The number of hydrogen-bond donors (Lipinski definition) is 2. The first-order chi connectivity index (χ1) is 14.4. The number of aryl methyl sites for hydroxylation is 2. The topological polar surface area (TPSA) is 111 Å². The summed E-state index contributed by atoms with van der Waals surface area (Å²) in [4.78, 5) is 35.4. The smallest absolute Gasteiger partial charge is 0.341 e. The number of nitrogens with two attached hydrogens (primary N) is 1. The van der Waals surface area contributed by atoms with Crippen molar-refractivity contribution in [3.05, 3.63) is 71.0 Å². The second-order valence-corrected chi connectivity index (χ2v) is 6.96. The second-order valence-electron chi connectivity index (χ2n) is 6.96. The van der Waals surface area contributed by atoms with Crippen molar-refractivity contribution < 1.29 is 24.2 Å². The summed E-state index contributed by atoms with van der Waals surface area (Å²) >= 11 is 0. The van der Waals surface area contributed by atoms with Gasteiger partial charge >= 0.3 is 5.97 Å². The highest BCUT2D eigenvalue weighted by Gasteiger charge is 2.27. The lowest BCUT2D eigenvalue weighted by atomic mass is 9.99. The summed E-state index contributed by atoms with van der Waals surface area (Å²) in [5, 5.41) is 8.97. The van der Waals surface area contributed by atoms with E-state index in [1.165, 1.54) is 5.56 Å². The first-order valence-corrected chi connectivity index (χ1v) is 9.81. The van der Waals surface area contributed by atoms with E-state index in [1.54, 1.807) is 18.3 Å². The van der Waals surface area contributed by atoms with Crippen molar-refractivity contribution in [3.8, 4) is 5.75 Å². The molecule has 2 heterocycles. The third kappa shape index (κ3) is 4.35. The molecule has 0 bridgehead atoms. The molecule has 0 aliphatic carbocycles. The van der Waals surface area contributed by atoms with E-state index in [1.807, 2.05) is 29.5 Å².